The van der Waals surface area contributed by atoms with Gasteiger partial charge in [0.05, 0.1) is 0 Å². The molecule has 0 spiro atoms. The Labute approximate surface area is 81.7 Å². The van der Waals surface area contributed by atoms with Crippen LogP contribution in [0, 0.1) is 5.92 Å². The van der Waals surface area contributed by atoms with Gasteiger partial charge >= 0.3 is 0 Å². The van der Waals surface area contributed by atoms with Crippen molar-refractivity contribution in [2.75, 3.05) is 26.2 Å². The average molecular weight is 182 g/mol. The zero-order valence-corrected chi connectivity index (χ0v) is 8.76. The Morgan fingerprint density at radius 2 is 2.00 bits per heavy atom. The Kier molecular flexibility index (Phi) is 3.23. The van der Waals surface area contributed by atoms with Crippen molar-refractivity contribution >= 4 is 0 Å². The monoisotopic (exact) mass is 182 g/mol. The smallest absolute Gasteiger partial charge is 0.0195 e. The molecule has 13 heavy (non-hydrogen) atoms. The van der Waals surface area contributed by atoms with Crippen LogP contribution in [0.1, 0.15) is 32.6 Å². The molecular weight excluding hydrogens is 160 g/mol. The molecule has 2 aliphatic heterocycles. The van der Waals surface area contributed by atoms with Crippen molar-refractivity contribution in [2.45, 2.75) is 38.6 Å². The molecule has 0 bridgehead atoms. The van der Waals surface area contributed by atoms with Crippen molar-refractivity contribution in [2.24, 2.45) is 5.92 Å². The van der Waals surface area contributed by atoms with Gasteiger partial charge in [-0.25, -0.2) is 0 Å². The Hall–Kier alpha value is -0.0800. The fraction of sp³-hybridized carbons (Fsp3) is 1.00. The molecule has 76 valence electrons. The van der Waals surface area contributed by atoms with E-state index in [0.29, 0.717) is 0 Å². The predicted octanol–water partition coefficient (Wildman–Crippen LogP) is 1.47. The van der Waals surface area contributed by atoms with Crippen LogP contribution in [-0.4, -0.2) is 37.1 Å². The molecule has 0 aliphatic carbocycles. The summed E-state index contributed by atoms with van der Waals surface area (Å²) in [6.07, 6.45) is 5.60. The molecule has 2 fully saturated rings. The van der Waals surface area contributed by atoms with E-state index in [4.69, 9.17) is 0 Å². The van der Waals surface area contributed by atoms with E-state index in [1.165, 1.54) is 51.9 Å². The van der Waals surface area contributed by atoms with Crippen LogP contribution < -0.4 is 5.32 Å². The molecule has 2 rings (SSSR count). The van der Waals surface area contributed by atoms with Gasteiger partial charge in [0.1, 0.15) is 0 Å². The molecule has 0 aromatic carbocycles. The molecule has 2 nitrogen and oxygen atoms in total. The van der Waals surface area contributed by atoms with Crippen molar-refractivity contribution in [3.8, 4) is 0 Å². The highest BCUT2D eigenvalue weighted by molar-refractivity contribution is 4.79. The summed E-state index contributed by atoms with van der Waals surface area (Å²) in [5.74, 6) is 0.966. The van der Waals surface area contributed by atoms with Crippen LogP contribution in [0.15, 0.2) is 0 Å². The summed E-state index contributed by atoms with van der Waals surface area (Å²) in [5.41, 5.74) is 0. The molecule has 1 N–H and O–H groups in total. The summed E-state index contributed by atoms with van der Waals surface area (Å²) in [6, 6.07) is 0.799. The molecule has 2 saturated heterocycles. The second kappa shape index (κ2) is 4.43. The first-order valence-corrected chi connectivity index (χ1v) is 5.80. The third kappa shape index (κ3) is 2.68. The van der Waals surface area contributed by atoms with Crippen LogP contribution in [0.5, 0.6) is 0 Å². The van der Waals surface area contributed by atoms with Gasteiger partial charge in [-0.1, -0.05) is 6.92 Å². The lowest BCUT2D eigenvalue weighted by molar-refractivity contribution is 0.179. The molecular formula is C11H22N2. The molecule has 0 amide bonds. The number of rotatable bonds is 2. The fourth-order valence-electron chi connectivity index (χ4n) is 2.47. The van der Waals surface area contributed by atoms with Crippen molar-refractivity contribution in [1.82, 2.24) is 10.2 Å². The lowest BCUT2D eigenvalue weighted by atomic mass is 9.99. The first-order valence-electron chi connectivity index (χ1n) is 5.80. The number of hydrogen-bond acceptors (Lipinski definition) is 2. The van der Waals surface area contributed by atoms with Gasteiger partial charge < -0.3 is 10.2 Å². The lowest BCUT2D eigenvalue weighted by Gasteiger charge is -2.32. The average Bonchev–Trinajstić information content (AvgIpc) is 2.62. The number of hydrogen-bond donors (Lipinski definition) is 1. The Morgan fingerprint density at radius 3 is 2.62 bits per heavy atom. The zero-order valence-electron chi connectivity index (χ0n) is 8.76. The minimum atomic E-state index is 0.799. The highest BCUT2D eigenvalue weighted by atomic mass is 15.2. The van der Waals surface area contributed by atoms with E-state index >= 15 is 0 Å². The predicted molar refractivity (Wildman–Crippen MR) is 55.9 cm³/mol. The third-order valence-electron chi connectivity index (χ3n) is 3.52. The quantitative estimate of drug-likeness (QED) is 0.695. The molecule has 2 heterocycles. The van der Waals surface area contributed by atoms with E-state index in [1.54, 1.807) is 0 Å². The van der Waals surface area contributed by atoms with E-state index in [9.17, 15) is 0 Å². The molecule has 0 unspecified atom stereocenters. The van der Waals surface area contributed by atoms with E-state index in [-0.39, 0.29) is 0 Å². The van der Waals surface area contributed by atoms with Crippen LogP contribution in [0.25, 0.3) is 0 Å². The SMILES string of the molecule is CC1CCN(C[C@@H]2CCCN2)CC1. The number of nitrogens with one attached hydrogen (secondary N) is 1. The summed E-state index contributed by atoms with van der Waals surface area (Å²) in [7, 11) is 0. The van der Waals surface area contributed by atoms with Crippen LogP contribution in [0.2, 0.25) is 0 Å². The first-order chi connectivity index (χ1) is 6.34. The normalized spacial score (nSPS) is 32.5. The van der Waals surface area contributed by atoms with Gasteiger partial charge in [-0.15, -0.1) is 0 Å². The molecule has 0 saturated carbocycles. The Bertz CT molecular complexity index is 144. The highest BCUT2D eigenvalue weighted by Crippen LogP contribution is 2.17. The Morgan fingerprint density at radius 1 is 1.23 bits per heavy atom. The van der Waals surface area contributed by atoms with Crippen LogP contribution in [0.4, 0.5) is 0 Å². The topological polar surface area (TPSA) is 15.3 Å². The van der Waals surface area contributed by atoms with Gasteiger partial charge in [-0.2, -0.15) is 0 Å². The molecule has 0 aromatic heterocycles. The van der Waals surface area contributed by atoms with Crippen LogP contribution >= 0.6 is 0 Å². The fourth-order valence-corrected chi connectivity index (χ4v) is 2.47. The largest absolute Gasteiger partial charge is 0.313 e. The maximum Gasteiger partial charge on any atom is 0.0195 e. The molecule has 0 aromatic rings. The zero-order chi connectivity index (χ0) is 9.10. The molecule has 1 atom stereocenters. The minimum Gasteiger partial charge on any atom is -0.313 e. The van der Waals surface area contributed by atoms with Gasteiger partial charge in [-0.05, 0) is 51.2 Å². The van der Waals surface area contributed by atoms with Crippen LogP contribution in [0.3, 0.4) is 0 Å². The summed E-state index contributed by atoms with van der Waals surface area (Å²) < 4.78 is 0. The maximum absolute atomic E-state index is 3.57. The summed E-state index contributed by atoms with van der Waals surface area (Å²) in [6.45, 7) is 7.59. The van der Waals surface area contributed by atoms with Crippen LogP contribution in [-0.2, 0) is 0 Å². The van der Waals surface area contributed by atoms with E-state index in [1.807, 2.05) is 0 Å². The van der Waals surface area contributed by atoms with Gasteiger partial charge in [0, 0.05) is 12.6 Å². The minimum absolute atomic E-state index is 0.799. The third-order valence-corrected chi connectivity index (χ3v) is 3.52. The standard InChI is InChI=1S/C11H22N2/c1-10-4-7-13(8-5-10)9-11-3-2-6-12-11/h10-12H,2-9H2,1H3/t11-/m0/s1. The van der Waals surface area contributed by atoms with Crippen molar-refractivity contribution in [3.05, 3.63) is 0 Å². The summed E-state index contributed by atoms with van der Waals surface area (Å²) in [4.78, 5) is 2.64. The molecule has 2 heteroatoms. The molecule has 0 radical (unpaired) electrons. The lowest BCUT2D eigenvalue weighted by Crippen LogP contribution is -2.41. The first kappa shape index (κ1) is 9.47. The van der Waals surface area contributed by atoms with Gasteiger partial charge in [-0.3, -0.25) is 0 Å². The van der Waals surface area contributed by atoms with Crippen molar-refractivity contribution in [3.63, 3.8) is 0 Å². The second-order valence-corrected chi connectivity index (χ2v) is 4.78. The van der Waals surface area contributed by atoms with E-state index < -0.39 is 0 Å². The van der Waals surface area contributed by atoms with E-state index in [2.05, 4.69) is 17.1 Å². The van der Waals surface area contributed by atoms with Gasteiger partial charge in [0.25, 0.3) is 0 Å². The second-order valence-electron chi connectivity index (χ2n) is 4.78. The summed E-state index contributed by atoms with van der Waals surface area (Å²) >= 11 is 0. The summed E-state index contributed by atoms with van der Waals surface area (Å²) in [5, 5.41) is 3.57. The number of likely N-dealkylation sites (tertiary alicyclic amines) is 1. The number of nitrogens with zero attached hydrogens (tertiary/aromatic N) is 1. The maximum atomic E-state index is 3.57. The van der Waals surface area contributed by atoms with E-state index in [0.717, 1.165) is 12.0 Å². The van der Waals surface area contributed by atoms with Crippen molar-refractivity contribution < 1.29 is 0 Å². The highest BCUT2D eigenvalue weighted by Gasteiger charge is 2.20. The van der Waals surface area contributed by atoms with Gasteiger partial charge in [0.15, 0.2) is 0 Å². The molecule has 2 aliphatic rings. The Balaban J connectivity index is 1.69. The van der Waals surface area contributed by atoms with Gasteiger partial charge in [0.2, 0.25) is 0 Å². The number of piperidine rings is 1. The van der Waals surface area contributed by atoms with Crippen molar-refractivity contribution in [1.29, 1.82) is 0 Å².